The number of hydrogen-bond acceptors (Lipinski definition) is 7. The van der Waals surface area contributed by atoms with Crippen LogP contribution in [0.25, 0.3) is 28.4 Å². The minimum absolute atomic E-state index is 0.113. The number of thiazole rings is 1. The highest BCUT2D eigenvalue weighted by atomic mass is 32.1. The first-order chi connectivity index (χ1) is 18.6. The van der Waals surface area contributed by atoms with Gasteiger partial charge in [0.2, 0.25) is 4.96 Å². The van der Waals surface area contributed by atoms with Crippen LogP contribution in [0.4, 0.5) is 0 Å². The molecule has 8 heteroatoms. The molecule has 3 heterocycles. The number of aromatic nitrogens is 3. The Bertz CT molecular complexity index is 1830. The SMILES string of the molecule is CCCOc1ccc(-c2nn3c(=O)c(=CC4=Cc5ccccc5OC4c4ccccc4)sc3nc2=O)cc1. The molecule has 0 N–H and O–H groups in total. The summed E-state index contributed by atoms with van der Waals surface area (Å²) in [5.41, 5.74) is 2.58. The average Bonchev–Trinajstić information content (AvgIpc) is 3.25. The van der Waals surface area contributed by atoms with Crippen LogP contribution in [0.3, 0.4) is 0 Å². The summed E-state index contributed by atoms with van der Waals surface area (Å²) in [5, 5.41) is 4.39. The number of fused-ring (bicyclic) bond motifs is 2. The van der Waals surface area contributed by atoms with Crippen LogP contribution in [0.5, 0.6) is 11.5 Å². The Balaban J connectivity index is 1.44. The molecule has 0 amide bonds. The highest BCUT2D eigenvalue weighted by Gasteiger charge is 2.23. The van der Waals surface area contributed by atoms with E-state index in [-0.39, 0.29) is 22.3 Å². The van der Waals surface area contributed by atoms with Crippen LogP contribution in [-0.2, 0) is 0 Å². The fraction of sp³-hybridized carbons (Fsp3) is 0.133. The summed E-state index contributed by atoms with van der Waals surface area (Å²) in [4.78, 5) is 30.6. The number of hydrogen-bond donors (Lipinski definition) is 0. The summed E-state index contributed by atoms with van der Waals surface area (Å²) in [6, 6.07) is 24.7. The molecule has 6 rings (SSSR count). The number of ether oxygens (including phenoxy) is 2. The molecule has 38 heavy (non-hydrogen) atoms. The second-order valence-electron chi connectivity index (χ2n) is 8.84. The number of rotatable bonds is 6. The van der Waals surface area contributed by atoms with Crippen molar-refractivity contribution < 1.29 is 9.47 Å². The molecule has 1 unspecified atom stereocenters. The lowest BCUT2D eigenvalue weighted by Crippen LogP contribution is -2.27. The van der Waals surface area contributed by atoms with Crippen LogP contribution < -0.4 is 25.1 Å². The van der Waals surface area contributed by atoms with E-state index in [4.69, 9.17) is 9.47 Å². The van der Waals surface area contributed by atoms with Crippen LogP contribution >= 0.6 is 11.3 Å². The maximum absolute atomic E-state index is 13.4. The second kappa shape index (κ2) is 10.1. The number of para-hydroxylation sites is 1. The highest BCUT2D eigenvalue weighted by molar-refractivity contribution is 7.15. The molecule has 1 atom stereocenters. The molecular weight excluding hydrogens is 498 g/mol. The molecule has 3 aromatic carbocycles. The van der Waals surface area contributed by atoms with Crippen molar-refractivity contribution in [1.82, 2.24) is 14.6 Å². The monoisotopic (exact) mass is 521 g/mol. The Hall–Kier alpha value is -4.56. The van der Waals surface area contributed by atoms with Gasteiger partial charge in [-0.15, -0.1) is 0 Å². The van der Waals surface area contributed by atoms with E-state index >= 15 is 0 Å². The summed E-state index contributed by atoms with van der Waals surface area (Å²) in [6.07, 6.45) is 4.34. The summed E-state index contributed by atoms with van der Waals surface area (Å²) in [5.74, 6) is 1.49. The first kappa shape index (κ1) is 23.8. The van der Waals surface area contributed by atoms with Gasteiger partial charge in [0.05, 0.1) is 11.1 Å². The molecule has 0 saturated heterocycles. The summed E-state index contributed by atoms with van der Waals surface area (Å²) < 4.78 is 13.6. The normalized spacial score (nSPS) is 15.1. The molecule has 5 aromatic rings. The summed E-state index contributed by atoms with van der Waals surface area (Å²) in [7, 11) is 0. The minimum atomic E-state index is -0.490. The van der Waals surface area contributed by atoms with Crippen molar-refractivity contribution in [3.05, 3.63) is 121 Å². The van der Waals surface area contributed by atoms with Gasteiger partial charge in [-0.3, -0.25) is 9.59 Å². The first-order valence-corrected chi connectivity index (χ1v) is 13.1. The first-order valence-electron chi connectivity index (χ1n) is 12.3. The van der Waals surface area contributed by atoms with Crippen molar-refractivity contribution in [1.29, 1.82) is 0 Å². The van der Waals surface area contributed by atoms with Gasteiger partial charge >= 0.3 is 5.56 Å². The fourth-order valence-corrected chi connectivity index (χ4v) is 5.24. The number of nitrogens with zero attached hydrogens (tertiary/aromatic N) is 3. The molecule has 0 saturated carbocycles. The highest BCUT2D eigenvalue weighted by Crippen LogP contribution is 2.37. The van der Waals surface area contributed by atoms with Crippen molar-refractivity contribution in [2.75, 3.05) is 6.61 Å². The Morgan fingerprint density at radius 2 is 1.76 bits per heavy atom. The van der Waals surface area contributed by atoms with E-state index in [1.807, 2.05) is 67.6 Å². The van der Waals surface area contributed by atoms with E-state index < -0.39 is 5.56 Å². The van der Waals surface area contributed by atoms with Crippen molar-refractivity contribution in [2.24, 2.45) is 0 Å². The van der Waals surface area contributed by atoms with E-state index in [2.05, 4.69) is 10.1 Å². The Morgan fingerprint density at radius 3 is 2.55 bits per heavy atom. The molecule has 0 radical (unpaired) electrons. The van der Waals surface area contributed by atoms with Crippen LogP contribution in [0, 0.1) is 0 Å². The van der Waals surface area contributed by atoms with Crippen LogP contribution in [0.2, 0.25) is 0 Å². The zero-order valence-electron chi connectivity index (χ0n) is 20.5. The molecule has 7 nitrogen and oxygen atoms in total. The predicted molar refractivity (Wildman–Crippen MR) is 149 cm³/mol. The van der Waals surface area contributed by atoms with Gasteiger partial charge in [0.25, 0.3) is 5.56 Å². The van der Waals surface area contributed by atoms with Gasteiger partial charge in [0.15, 0.2) is 5.69 Å². The third-order valence-corrected chi connectivity index (χ3v) is 7.13. The molecule has 2 aromatic heterocycles. The maximum atomic E-state index is 13.4. The molecule has 1 aliphatic rings. The molecule has 0 bridgehead atoms. The zero-order chi connectivity index (χ0) is 26.1. The smallest absolute Gasteiger partial charge is 0.300 e. The van der Waals surface area contributed by atoms with Gasteiger partial charge in [-0.1, -0.05) is 66.8 Å². The van der Waals surface area contributed by atoms with Gasteiger partial charge < -0.3 is 9.47 Å². The minimum Gasteiger partial charge on any atom is -0.494 e. The second-order valence-corrected chi connectivity index (χ2v) is 9.85. The largest absolute Gasteiger partial charge is 0.494 e. The molecule has 0 aliphatic carbocycles. The van der Waals surface area contributed by atoms with E-state index in [1.165, 1.54) is 4.52 Å². The van der Waals surface area contributed by atoms with Crippen molar-refractivity contribution in [2.45, 2.75) is 19.4 Å². The Morgan fingerprint density at radius 1 is 1.00 bits per heavy atom. The maximum Gasteiger partial charge on any atom is 0.300 e. The van der Waals surface area contributed by atoms with E-state index in [0.29, 0.717) is 22.5 Å². The standard InChI is InChI=1S/C30H23N3O4S/c1-2-16-36-23-14-12-19(13-15-23)26-28(34)31-30-33(32-26)29(35)25(38-30)18-22-17-21-10-6-7-11-24(21)37-27(22)20-8-4-3-5-9-20/h3-15,17-18,27H,2,16H2,1H3. The molecule has 1 aliphatic heterocycles. The van der Waals surface area contributed by atoms with Crippen LogP contribution in [0.15, 0.2) is 94.0 Å². The lowest BCUT2D eigenvalue weighted by Gasteiger charge is -2.26. The van der Waals surface area contributed by atoms with Crippen LogP contribution in [0.1, 0.15) is 30.6 Å². The Kier molecular flexibility index (Phi) is 6.31. The van der Waals surface area contributed by atoms with Gasteiger partial charge in [-0.05, 0) is 60.0 Å². The van der Waals surface area contributed by atoms with Gasteiger partial charge in [-0.25, -0.2) is 0 Å². The Labute approximate surface area is 221 Å². The van der Waals surface area contributed by atoms with Crippen LogP contribution in [-0.4, -0.2) is 21.2 Å². The quantitative estimate of drug-likeness (QED) is 0.323. The van der Waals surface area contributed by atoms with E-state index in [0.717, 1.165) is 40.2 Å². The van der Waals surface area contributed by atoms with Gasteiger partial charge in [0, 0.05) is 11.1 Å². The van der Waals surface area contributed by atoms with Gasteiger partial charge in [0.1, 0.15) is 17.6 Å². The van der Waals surface area contributed by atoms with Gasteiger partial charge in [-0.2, -0.15) is 14.6 Å². The molecular formula is C30H23N3O4S. The zero-order valence-corrected chi connectivity index (χ0v) is 21.4. The lowest BCUT2D eigenvalue weighted by atomic mass is 9.96. The number of benzene rings is 3. The molecule has 0 fully saturated rings. The van der Waals surface area contributed by atoms with Crippen molar-refractivity contribution in [3.63, 3.8) is 0 Å². The molecule has 188 valence electrons. The fourth-order valence-electron chi connectivity index (χ4n) is 4.33. The third kappa shape index (κ3) is 4.50. The molecule has 0 spiro atoms. The topological polar surface area (TPSA) is 82.8 Å². The van der Waals surface area contributed by atoms with Crippen molar-refractivity contribution >= 4 is 28.4 Å². The summed E-state index contributed by atoms with van der Waals surface area (Å²) in [6.45, 7) is 2.64. The van der Waals surface area contributed by atoms with E-state index in [1.54, 1.807) is 30.3 Å². The van der Waals surface area contributed by atoms with Crippen molar-refractivity contribution in [3.8, 4) is 22.8 Å². The lowest BCUT2D eigenvalue weighted by molar-refractivity contribution is 0.244. The predicted octanol–water partition coefficient (Wildman–Crippen LogP) is 4.68. The third-order valence-electron chi connectivity index (χ3n) is 6.17. The average molecular weight is 522 g/mol. The van der Waals surface area contributed by atoms with E-state index in [9.17, 15) is 9.59 Å². The summed E-state index contributed by atoms with van der Waals surface area (Å²) >= 11 is 1.13.